The number of hydrogen-bond acceptors (Lipinski definition) is 5. The molecule has 0 aromatic heterocycles. The van der Waals surface area contributed by atoms with Crippen molar-refractivity contribution in [2.75, 3.05) is 30.4 Å². The first-order chi connectivity index (χ1) is 12.5. The molecule has 2 aromatic carbocycles. The summed E-state index contributed by atoms with van der Waals surface area (Å²) in [5, 5.41) is 14.2. The molecular formula is C18H18ClN3O4. The van der Waals surface area contributed by atoms with E-state index < -0.39 is 4.92 Å². The maximum Gasteiger partial charge on any atom is 0.294 e. The van der Waals surface area contributed by atoms with Crippen LogP contribution in [0.1, 0.15) is 23.2 Å². The summed E-state index contributed by atoms with van der Waals surface area (Å²) < 4.78 is 5.07. The number of anilines is 2. The van der Waals surface area contributed by atoms with Crippen LogP contribution in [0.5, 0.6) is 5.75 Å². The van der Waals surface area contributed by atoms with Crippen molar-refractivity contribution in [2.45, 2.75) is 12.8 Å². The molecule has 0 bridgehead atoms. The van der Waals surface area contributed by atoms with Crippen LogP contribution in [0.3, 0.4) is 0 Å². The third kappa shape index (κ3) is 3.72. The number of carbonyl (C=O) groups is 1. The van der Waals surface area contributed by atoms with Gasteiger partial charge < -0.3 is 15.0 Å². The highest BCUT2D eigenvalue weighted by molar-refractivity contribution is 6.34. The number of nitrogens with one attached hydrogen (secondary N) is 1. The molecule has 0 saturated carbocycles. The van der Waals surface area contributed by atoms with Gasteiger partial charge in [0.2, 0.25) is 0 Å². The van der Waals surface area contributed by atoms with Crippen molar-refractivity contribution < 1.29 is 14.5 Å². The van der Waals surface area contributed by atoms with Crippen molar-refractivity contribution >= 4 is 34.6 Å². The second-order valence-corrected chi connectivity index (χ2v) is 6.36. The molecule has 1 aliphatic rings. The Bertz CT molecular complexity index is 833. The third-order valence-electron chi connectivity index (χ3n) is 4.31. The fourth-order valence-electron chi connectivity index (χ4n) is 2.94. The first kappa shape index (κ1) is 18.0. The molecule has 2 aromatic rings. The standard InChI is InChI=1S/C18H18ClN3O4/c1-26-13-6-4-12(5-7-13)18(23)20-15-11-16(21-8-2-3-9-21)17(22(24)25)10-14(15)19/h4-7,10-11H,2-3,8-9H2,1H3,(H,20,23). The van der Waals surface area contributed by atoms with Crippen LogP contribution >= 0.6 is 11.6 Å². The Morgan fingerprint density at radius 1 is 1.23 bits per heavy atom. The number of benzene rings is 2. The molecule has 1 heterocycles. The Morgan fingerprint density at radius 2 is 1.88 bits per heavy atom. The fourth-order valence-corrected chi connectivity index (χ4v) is 3.15. The molecule has 1 amide bonds. The number of amides is 1. The smallest absolute Gasteiger partial charge is 0.294 e. The summed E-state index contributed by atoms with van der Waals surface area (Å²) in [6, 6.07) is 9.50. The van der Waals surface area contributed by atoms with Crippen LogP contribution in [0.4, 0.5) is 17.1 Å². The third-order valence-corrected chi connectivity index (χ3v) is 4.62. The van der Waals surface area contributed by atoms with Crippen LogP contribution in [-0.4, -0.2) is 31.0 Å². The van der Waals surface area contributed by atoms with Crippen molar-refractivity contribution in [3.8, 4) is 5.75 Å². The SMILES string of the molecule is COc1ccc(C(=O)Nc2cc(N3CCCC3)c([N+](=O)[O-])cc2Cl)cc1. The van der Waals surface area contributed by atoms with Gasteiger partial charge in [-0.25, -0.2) is 0 Å². The lowest BCUT2D eigenvalue weighted by atomic mass is 10.1. The van der Waals surface area contributed by atoms with E-state index in [1.165, 1.54) is 6.07 Å². The lowest BCUT2D eigenvalue weighted by molar-refractivity contribution is -0.384. The van der Waals surface area contributed by atoms with E-state index >= 15 is 0 Å². The number of methoxy groups -OCH3 is 1. The van der Waals surface area contributed by atoms with Gasteiger partial charge in [-0.05, 0) is 43.2 Å². The van der Waals surface area contributed by atoms with Gasteiger partial charge in [-0.2, -0.15) is 0 Å². The zero-order valence-electron chi connectivity index (χ0n) is 14.2. The number of nitrogens with zero attached hydrogens (tertiary/aromatic N) is 2. The van der Waals surface area contributed by atoms with Crippen LogP contribution < -0.4 is 15.0 Å². The van der Waals surface area contributed by atoms with Gasteiger partial charge in [0, 0.05) is 24.7 Å². The minimum Gasteiger partial charge on any atom is -0.497 e. The highest BCUT2D eigenvalue weighted by atomic mass is 35.5. The molecule has 3 rings (SSSR count). The Labute approximate surface area is 155 Å². The van der Waals surface area contributed by atoms with E-state index in [9.17, 15) is 14.9 Å². The van der Waals surface area contributed by atoms with Crippen LogP contribution in [0.2, 0.25) is 5.02 Å². The number of halogens is 1. The molecule has 0 unspecified atom stereocenters. The molecule has 1 fully saturated rings. The number of ether oxygens (including phenoxy) is 1. The van der Waals surface area contributed by atoms with E-state index in [1.54, 1.807) is 37.4 Å². The maximum absolute atomic E-state index is 12.5. The monoisotopic (exact) mass is 375 g/mol. The van der Waals surface area contributed by atoms with Crippen molar-refractivity contribution in [1.82, 2.24) is 0 Å². The van der Waals surface area contributed by atoms with Gasteiger partial charge in [0.1, 0.15) is 11.4 Å². The average molecular weight is 376 g/mol. The zero-order chi connectivity index (χ0) is 18.7. The van der Waals surface area contributed by atoms with E-state index in [1.807, 2.05) is 4.90 Å². The minimum atomic E-state index is -0.450. The summed E-state index contributed by atoms with van der Waals surface area (Å²) in [5.74, 6) is 0.294. The summed E-state index contributed by atoms with van der Waals surface area (Å²) in [5.41, 5.74) is 1.20. The summed E-state index contributed by atoms with van der Waals surface area (Å²) in [4.78, 5) is 25.3. The highest BCUT2D eigenvalue weighted by Crippen LogP contribution is 2.38. The molecule has 0 aliphatic carbocycles. The Kier molecular flexibility index (Phi) is 5.27. The Balaban J connectivity index is 1.89. The number of nitro benzene ring substituents is 1. The molecular weight excluding hydrogens is 358 g/mol. The van der Waals surface area contributed by atoms with Gasteiger partial charge in [0.25, 0.3) is 11.6 Å². The summed E-state index contributed by atoms with van der Waals surface area (Å²) in [6.45, 7) is 1.49. The van der Waals surface area contributed by atoms with E-state index in [-0.39, 0.29) is 16.6 Å². The zero-order valence-corrected chi connectivity index (χ0v) is 15.0. The molecule has 136 valence electrons. The predicted octanol–water partition coefficient (Wildman–Crippen LogP) is 4.11. The quantitative estimate of drug-likeness (QED) is 0.628. The van der Waals surface area contributed by atoms with Gasteiger partial charge in [0.05, 0.1) is 22.7 Å². The van der Waals surface area contributed by atoms with Crippen molar-refractivity contribution in [1.29, 1.82) is 0 Å². The fraction of sp³-hybridized carbons (Fsp3) is 0.278. The molecule has 0 atom stereocenters. The largest absolute Gasteiger partial charge is 0.497 e. The van der Waals surface area contributed by atoms with Gasteiger partial charge in [0.15, 0.2) is 0 Å². The van der Waals surface area contributed by atoms with E-state index in [4.69, 9.17) is 16.3 Å². The van der Waals surface area contributed by atoms with Crippen LogP contribution in [-0.2, 0) is 0 Å². The number of carbonyl (C=O) groups excluding carboxylic acids is 1. The van der Waals surface area contributed by atoms with Gasteiger partial charge in [-0.3, -0.25) is 14.9 Å². The second-order valence-electron chi connectivity index (χ2n) is 5.95. The van der Waals surface area contributed by atoms with Crippen molar-refractivity contribution in [2.24, 2.45) is 0 Å². The molecule has 0 spiro atoms. The van der Waals surface area contributed by atoms with E-state index in [2.05, 4.69) is 5.32 Å². The molecule has 26 heavy (non-hydrogen) atoms. The Hall–Kier alpha value is -2.80. The summed E-state index contributed by atoms with van der Waals surface area (Å²) in [7, 11) is 1.55. The minimum absolute atomic E-state index is 0.0562. The topological polar surface area (TPSA) is 84.7 Å². The van der Waals surface area contributed by atoms with Gasteiger partial charge in [-0.15, -0.1) is 0 Å². The summed E-state index contributed by atoms with van der Waals surface area (Å²) in [6.07, 6.45) is 1.96. The maximum atomic E-state index is 12.5. The molecule has 1 saturated heterocycles. The molecule has 8 heteroatoms. The first-order valence-corrected chi connectivity index (χ1v) is 8.55. The summed E-state index contributed by atoms with van der Waals surface area (Å²) >= 11 is 6.17. The van der Waals surface area contributed by atoms with E-state index in [0.29, 0.717) is 22.7 Å². The van der Waals surface area contributed by atoms with Crippen LogP contribution in [0.25, 0.3) is 0 Å². The van der Waals surface area contributed by atoms with Crippen molar-refractivity contribution in [3.63, 3.8) is 0 Å². The first-order valence-electron chi connectivity index (χ1n) is 8.18. The van der Waals surface area contributed by atoms with Gasteiger partial charge in [-0.1, -0.05) is 11.6 Å². The Morgan fingerprint density at radius 3 is 2.46 bits per heavy atom. The van der Waals surface area contributed by atoms with Crippen LogP contribution in [0, 0.1) is 10.1 Å². The normalized spacial score (nSPS) is 13.5. The average Bonchev–Trinajstić information content (AvgIpc) is 3.17. The van der Waals surface area contributed by atoms with Crippen LogP contribution in [0.15, 0.2) is 36.4 Å². The molecule has 1 aliphatic heterocycles. The number of nitro groups is 1. The molecule has 0 radical (unpaired) electrons. The number of hydrogen-bond donors (Lipinski definition) is 1. The van der Waals surface area contributed by atoms with Crippen molar-refractivity contribution in [3.05, 3.63) is 57.1 Å². The lowest BCUT2D eigenvalue weighted by Gasteiger charge is -2.19. The lowest BCUT2D eigenvalue weighted by Crippen LogP contribution is -2.20. The molecule has 7 nitrogen and oxygen atoms in total. The van der Waals surface area contributed by atoms with E-state index in [0.717, 1.165) is 25.9 Å². The second kappa shape index (κ2) is 7.61. The number of rotatable bonds is 5. The molecule has 1 N–H and O–H groups in total. The highest BCUT2D eigenvalue weighted by Gasteiger charge is 2.25. The predicted molar refractivity (Wildman–Crippen MR) is 101 cm³/mol. The van der Waals surface area contributed by atoms with Gasteiger partial charge >= 0.3 is 0 Å².